The summed E-state index contributed by atoms with van der Waals surface area (Å²) in [5.74, 6) is -1.29. The number of amides is 2. The lowest BCUT2D eigenvalue weighted by atomic mass is 10.0. The molecule has 0 aliphatic carbocycles. The van der Waals surface area contributed by atoms with Crippen molar-refractivity contribution >= 4 is 6.03 Å². The zero-order valence-corrected chi connectivity index (χ0v) is 14.6. The Hall–Kier alpha value is -2.44. The minimum absolute atomic E-state index is 0.0379. The first kappa shape index (κ1) is 17.4. The van der Waals surface area contributed by atoms with Gasteiger partial charge in [0.05, 0.1) is 17.8 Å². The number of nitrogens with one attached hydrogen (secondary N) is 2. The molecule has 1 fully saturated rings. The number of benzene rings is 1. The number of aromatic amines is 1. The van der Waals surface area contributed by atoms with Crippen LogP contribution in [0.5, 0.6) is 0 Å². The molecule has 0 saturated carbocycles. The Morgan fingerprint density at radius 3 is 2.80 bits per heavy atom. The number of aromatic nitrogens is 2. The highest BCUT2D eigenvalue weighted by Gasteiger charge is 2.33. The number of hydrogen-bond donors (Lipinski definition) is 2. The fourth-order valence-corrected chi connectivity index (χ4v) is 3.56. The van der Waals surface area contributed by atoms with Crippen molar-refractivity contribution < 1.29 is 13.6 Å². The molecule has 1 unspecified atom stereocenters. The minimum atomic E-state index is -0.660. The number of carbonyl (C=O) groups excluding carboxylic acids is 1. The van der Waals surface area contributed by atoms with E-state index in [0.29, 0.717) is 6.54 Å². The number of urea groups is 1. The van der Waals surface area contributed by atoms with Crippen molar-refractivity contribution in [2.45, 2.75) is 45.7 Å². The van der Waals surface area contributed by atoms with E-state index >= 15 is 0 Å². The molecule has 0 bridgehead atoms. The van der Waals surface area contributed by atoms with Crippen molar-refractivity contribution in [2.24, 2.45) is 0 Å². The quantitative estimate of drug-likeness (QED) is 0.883. The molecular weight excluding hydrogens is 326 g/mol. The van der Waals surface area contributed by atoms with Gasteiger partial charge in [0, 0.05) is 29.4 Å². The van der Waals surface area contributed by atoms with Gasteiger partial charge in [-0.25, -0.2) is 13.6 Å². The molecule has 1 aromatic heterocycles. The van der Waals surface area contributed by atoms with E-state index in [0.717, 1.165) is 35.9 Å². The third-order valence-electron chi connectivity index (χ3n) is 4.80. The first-order chi connectivity index (χ1) is 11.9. The van der Waals surface area contributed by atoms with Gasteiger partial charge in [-0.15, -0.1) is 0 Å². The molecule has 1 aliphatic rings. The van der Waals surface area contributed by atoms with Crippen molar-refractivity contribution in [3.63, 3.8) is 0 Å². The summed E-state index contributed by atoms with van der Waals surface area (Å²) < 4.78 is 27.0. The van der Waals surface area contributed by atoms with Crippen molar-refractivity contribution in [2.75, 3.05) is 6.54 Å². The molecule has 134 valence electrons. The van der Waals surface area contributed by atoms with Crippen molar-refractivity contribution in [1.82, 2.24) is 20.4 Å². The average molecular weight is 348 g/mol. The van der Waals surface area contributed by atoms with Crippen LogP contribution in [0.15, 0.2) is 18.2 Å². The zero-order chi connectivity index (χ0) is 18.1. The van der Waals surface area contributed by atoms with Gasteiger partial charge in [-0.05, 0) is 39.7 Å². The number of carbonyl (C=O) groups is 1. The molecule has 0 radical (unpaired) electrons. The van der Waals surface area contributed by atoms with Crippen molar-refractivity contribution in [1.29, 1.82) is 0 Å². The number of rotatable bonds is 3. The van der Waals surface area contributed by atoms with Crippen LogP contribution in [0.4, 0.5) is 13.6 Å². The molecule has 1 saturated heterocycles. The summed E-state index contributed by atoms with van der Waals surface area (Å²) in [6.45, 7) is 6.19. The number of hydrogen-bond acceptors (Lipinski definition) is 2. The van der Waals surface area contributed by atoms with E-state index in [9.17, 15) is 13.6 Å². The van der Waals surface area contributed by atoms with E-state index in [-0.39, 0.29) is 17.6 Å². The van der Waals surface area contributed by atoms with E-state index in [1.807, 2.05) is 13.8 Å². The molecule has 1 aromatic carbocycles. The lowest BCUT2D eigenvalue weighted by molar-refractivity contribution is 0.189. The van der Waals surface area contributed by atoms with E-state index < -0.39 is 17.7 Å². The monoisotopic (exact) mass is 348 g/mol. The van der Waals surface area contributed by atoms with Gasteiger partial charge in [0.1, 0.15) is 11.6 Å². The van der Waals surface area contributed by atoms with Crippen LogP contribution in [0.25, 0.3) is 0 Å². The molecule has 25 heavy (non-hydrogen) atoms. The molecule has 2 N–H and O–H groups in total. The third kappa shape index (κ3) is 3.36. The summed E-state index contributed by atoms with van der Waals surface area (Å²) >= 11 is 0. The number of H-pyrrole nitrogens is 1. The molecule has 2 amide bonds. The normalized spacial score (nSPS) is 18.4. The van der Waals surface area contributed by atoms with Crippen LogP contribution in [0, 0.1) is 25.5 Å². The van der Waals surface area contributed by atoms with Gasteiger partial charge < -0.3 is 10.2 Å². The average Bonchev–Trinajstić information content (AvgIpc) is 3.13. The smallest absolute Gasteiger partial charge is 0.318 e. The first-order valence-electron chi connectivity index (χ1n) is 8.42. The zero-order valence-electron chi connectivity index (χ0n) is 14.6. The Kier molecular flexibility index (Phi) is 4.74. The Labute approximate surface area is 145 Å². The maximum absolute atomic E-state index is 13.9. The molecule has 3 rings (SSSR count). The van der Waals surface area contributed by atoms with Gasteiger partial charge in [-0.1, -0.05) is 6.07 Å². The summed E-state index contributed by atoms with van der Waals surface area (Å²) in [7, 11) is 0. The van der Waals surface area contributed by atoms with Crippen molar-refractivity contribution in [3.8, 4) is 0 Å². The Balaban J connectivity index is 1.76. The summed E-state index contributed by atoms with van der Waals surface area (Å²) in [5.41, 5.74) is 3.16. The molecule has 2 atom stereocenters. The van der Waals surface area contributed by atoms with Gasteiger partial charge >= 0.3 is 6.03 Å². The highest BCUT2D eigenvalue weighted by molar-refractivity contribution is 5.75. The predicted octanol–water partition coefficient (Wildman–Crippen LogP) is 3.91. The summed E-state index contributed by atoms with van der Waals surface area (Å²) in [6.07, 6.45) is 1.77. The van der Waals surface area contributed by atoms with Gasteiger partial charge in [0.2, 0.25) is 0 Å². The van der Waals surface area contributed by atoms with Crippen LogP contribution in [-0.4, -0.2) is 27.7 Å². The van der Waals surface area contributed by atoms with Crippen LogP contribution < -0.4 is 5.32 Å². The van der Waals surface area contributed by atoms with E-state index in [1.165, 1.54) is 12.1 Å². The molecule has 2 aromatic rings. The van der Waals surface area contributed by atoms with Gasteiger partial charge in [0.15, 0.2) is 0 Å². The number of aryl methyl sites for hydroxylation is 2. The van der Waals surface area contributed by atoms with Crippen LogP contribution >= 0.6 is 0 Å². The predicted molar refractivity (Wildman–Crippen MR) is 90.0 cm³/mol. The van der Waals surface area contributed by atoms with Crippen LogP contribution in [0.3, 0.4) is 0 Å². The van der Waals surface area contributed by atoms with E-state index in [4.69, 9.17) is 0 Å². The molecule has 0 spiro atoms. The highest BCUT2D eigenvalue weighted by atomic mass is 19.1. The first-order valence-corrected chi connectivity index (χ1v) is 8.42. The minimum Gasteiger partial charge on any atom is -0.331 e. The Morgan fingerprint density at radius 2 is 2.16 bits per heavy atom. The van der Waals surface area contributed by atoms with Gasteiger partial charge in [-0.3, -0.25) is 5.10 Å². The van der Waals surface area contributed by atoms with Gasteiger partial charge in [0.25, 0.3) is 0 Å². The fourth-order valence-electron chi connectivity index (χ4n) is 3.56. The second kappa shape index (κ2) is 6.82. The Bertz CT molecular complexity index is 770. The summed E-state index contributed by atoms with van der Waals surface area (Å²) in [6, 6.07) is 2.54. The third-order valence-corrected chi connectivity index (χ3v) is 4.80. The second-order valence-electron chi connectivity index (χ2n) is 6.54. The molecule has 7 heteroatoms. The Morgan fingerprint density at radius 1 is 1.40 bits per heavy atom. The largest absolute Gasteiger partial charge is 0.331 e. The van der Waals surface area contributed by atoms with E-state index in [2.05, 4.69) is 15.5 Å². The molecule has 5 nitrogen and oxygen atoms in total. The second-order valence-corrected chi connectivity index (χ2v) is 6.54. The molecular formula is C18H22F2N4O. The fraction of sp³-hybridized carbons (Fsp3) is 0.444. The summed E-state index contributed by atoms with van der Waals surface area (Å²) in [5, 5.41) is 10.00. The van der Waals surface area contributed by atoms with Crippen LogP contribution in [0.1, 0.15) is 54.4 Å². The topological polar surface area (TPSA) is 61.0 Å². The van der Waals surface area contributed by atoms with Gasteiger partial charge in [-0.2, -0.15) is 5.10 Å². The number of likely N-dealkylation sites (tertiary alicyclic amines) is 1. The summed E-state index contributed by atoms with van der Waals surface area (Å²) in [4.78, 5) is 14.5. The standard InChI is InChI=1S/C18H22F2N4O/c1-10(14-7-6-13(19)9-15(14)20)21-18(25)24-8-4-5-16(24)17-11(2)22-23-12(17)3/h6-7,9-10,16H,4-5,8H2,1-3H3,(H,21,25)(H,22,23)/t10-,16?/m1/s1. The van der Waals surface area contributed by atoms with Crippen molar-refractivity contribution in [3.05, 3.63) is 52.3 Å². The maximum Gasteiger partial charge on any atom is 0.318 e. The van der Waals surface area contributed by atoms with E-state index in [1.54, 1.807) is 11.8 Å². The van der Waals surface area contributed by atoms with Crippen LogP contribution in [-0.2, 0) is 0 Å². The highest BCUT2D eigenvalue weighted by Crippen LogP contribution is 2.35. The maximum atomic E-state index is 13.9. The SMILES string of the molecule is Cc1n[nH]c(C)c1C1CCCN1C(=O)N[C@H](C)c1ccc(F)cc1F. The van der Waals surface area contributed by atoms with Crippen LogP contribution in [0.2, 0.25) is 0 Å². The number of halogens is 2. The lowest BCUT2D eigenvalue weighted by Crippen LogP contribution is -2.41. The number of nitrogens with zero attached hydrogens (tertiary/aromatic N) is 2. The molecule has 1 aliphatic heterocycles. The lowest BCUT2D eigenvalue weighted by Gasteiger charge is -2.27. The molecule has 2 heterocycles.